The number of aromatic nitrogens is 1. The van der Waals surface area contributed by atoms with Crippen LogP contribution in [0.25, 0.3) is 10.9 Å². The maximum Gasteiger partial charge on any atom is 0.379 e. The molecule has 0 bridgehead atoms. The third-order valence-electron chi connectivity index (χ3n) is 4.95. The van der Waals surface area contributed by atoms with Gasteiger partial charge < -0.3 is 28.3 Å². The Kier molecular flexibility index (Phi) is 7.12. The topological polar surface area (TPSA) is 136 Å². The highest BCUT2D eigenvalue weighted by Gasteiger charge is 2.48. The number of esters is 4. The first kappa shape index (κ1) is 23.9. The van der Waals surface area contributed by atoms with Crippen molar-refractivity contribution in [1.29, 1.82) is 0 Å². The fourth-order valence-corrected chi connectivity index (χ4v) is 3.76. The van der Waals surface area contributed by atoms with Crippen LogP contribution in [-0.2, 0) is 42.9 Å². The first-order chi connectivity index (χ1) is 15.6. The lowest BCUT2D eigenvalue weighted by molar-refractivity contribution is -0.239. The van der Waals surface area contributed by atoms with Crippen LogP contribution in [0.2, 0.25) is 0 Å². The van der Waals surface area contributed by atoms with Gasteiger partial charge in [-0.05, 0) is 6.07 Å². The Labute approximate surface area is 188 Å². The molecule has 11 heteroatoms. The van der Waals surface area contributed by atoms with Gasteiger partial charge in [0.25, 0.3) is 5.78 Å². The SMILES string of the molecule is COC(=O)C(=O)c1cn(C2OCC(OC(C)=O)C(OC(C)=O)C2OC(C)=O)c2ccccc12. The van der Waals surface area contributed by atoms with Gasteiger partial charge in [-0.2, -0.15) is 0 Å². The molecule has 0 spiro atoms. The standard InChI is InChI=1S/C22H23NO10/c1-11(24)31-17-10-30-21(20(33-13(3)26)19(17)32-12(2)25)23-9-15(18(27)22(28)29-4)14-7-5-6-8-16(14)23/h5-9,17,19-21H,10H2,1-4H3. The van der Waals surface area contributed by atoms with E-state index in [0.29, 0.717) is 10.9 Å². The van der Waals surface area contributed by atoms with Crippen molar-refractivity contribution < 1.29 is 47.7 Å². The number of carbonyl (C=O) groups is 5. The number of para-hydroxylation sites is 1. The molecule has 1 aliphatic heterocycles. The molecule has 0 saturated carbocycles. The molecule has 0 N–H and O–H groups in total. The van der Waals surface area contributed by atoms with Crippen molar-refractivity contribution in [3.8, 4) is 0 Å². The summed E-state index contributed by atoms with van der Waals surface area (Å²) in [6.45, 7) is 3.32. The van der Waals surface area contributed by atoms with E-state index in [9.17, 15) is 24.0 Å². The third-order valence-corrected chi connectivity index (χ3v) is 4.95. The number of nitrogens with zero attached hydrogens (tertiary/aromatic N) is 1. The van der Waals surface area contributed by atoms with E-state index in [-0.39, 0.29) is 12.2 Å². The average molecular weight is 461 g/mol. The lowest BCUT2D eigenvalue weighted by Gasteiger charge is -2.41. The second kappa shape index (κ2) is 9.82. The van der Waals surface area contributed by atoms with Crippen LogP contribution in [0.1, 0.15) is 37.4 Å². The summed E-state index contributed by atoms with van der Waals surface area (Å²) in [6, 6.07) is 6.71. The number of benzene rings is 1. The van der Waals surface area contributed by atoms with Crippen molar-refractivity contribution in [2.45, 2.75) is 45.3 Å². The minimum absolute atomic E-state index is 0.0498. The van der Waals surface area contributed by atoms with E-state index in [2.05, 4.69) is 4.74 Å². The minimum atomic E-state index is -1.23. The van der Waals surface area contributed by atoms with Gasteiger partial charge in [0.1, 0.15) is 0 Å². The average Bonchev–Trinajstić information content (AvgIpc) is 3.13. The fourth-order valence-electron chi connectivity index (χ4n) is 3.76. The second-order valence-corrected chi connectivity index (χ2v) is 7.31. The number of methoxy groups -OCH3 is 1. The van der Waals surface area contributed by atoms with E-state index in [1.54, 1.807) is 24.3 Å². The Bertz CT molecular complexity index is 1100. The van der Waals surface area contributed by atoms with Crippen molar-refractivity contribution in [3.63, 3.8) is 0 Å². The number of rotatable bonds is 6. The van der Waals surface area contributed by atoms with Crippen molar-refractivity contribution in [2.24, 2.45) is 0 Å². The van der Waals surface area contributed by atoms with Crippen LogP contribution in [0.4, 0.5) is 0 Å². The number of hydrogen-bond donors (Lipinski definition) is 0. The summed E-state index contributed by atoms with van der Waals surface area (Å²) in [7, 11) is 1.10. The summed E-state index contributed by atoms with van der Waals surface area (Å²) >= 11 is 0. The largest absolute Gasteiger partial charge is 0.463 e. The van der Waals surface area contributed by atoms with Crippen LogP contribution in [0.3, 0.4) is 0 Å². The van der Waals surface area contributed by atoms with Crippen LogP contribution in [0.15, 0.2) is 30.5 Å². The molecule has 3 rings (SSSR count). The zero-order valence-corrected chi connectivity index (χ0v) is 18.4. The van der Waals surface area contributed by atoms with Gasteiger partial charge >= 0.3 is 23.9 Å². The number of ether oxygens (including phenoxy) is 5. The monoisotopic (exact) mass is 461 g/mol. The third kappa shape index (κ3) is 5.03. The van der Waals surface area contributed by atoms with Crippen molar-refractivity contribution in [3.05, 3.63) is 36.0 Å². The molecule has 1 aromatic heterocycles. The van der Waals surface area contributed by atoms with Gasteiger partial charge in [0, 0.05) is 32.4 Å². The molecule has 33 heavy (non-hydrogen) atoms. The summed E-state index contributed by atoms with van der Waals surface area (Å²) < 4.78 is 28.0. The van der Waals surface area contributed by atoms with E-state index in [1.807, 2.05) is 0 Å². The van der Waals surface area contributed by atoms with Crippen molar-refractivity contribution >= 4 is 40.6 Å². The van der Waals surface area contributed by atoms with Gasteiger partial charge in [-0.15, -0.1) is 0 Å². The van der Waals surface area contributed by atoms with Crippen molar-refractivity contribution in [1.82, 2.24) is 4.57 Å². The predicted octanol–water partition coefficient (Wildman–Crippen LogP) is 1.32. The molecule has 176 valence electrons. The molecule has 2 aromatic rings. The lowest BCUT2D eigenvalue weighted by atomic mass is 10.0. The first-order valence-electron chi connectivity index (χ1n) is 9.99. The summed E-state index contributed by atoms with van der Waals surface area (Å²) in [5.74, 6) is -3.95. The van der Waals surface area contributed by atoms with Crippen LogP contribution < -0.4 is 0 Å². The molecular weight excluding hydrogens is 438 g/mol. The lowest BCUT2D eigenvalue weighted by Crippen LogP contribution is -2.55. The Hall–Kier alpha value is -3.73. The normalized spacial score (nSPS) is 22.3. The summed E-state index contributed by atoms with van der Waals surface area (Å²) in [5.41, 5.74) is 0.535. The molecule has 1 aliphatic rings. The van der Waals surface area contributed by atoms with Crippen LogP contribution in [0, 0.1) is 0 Å². The van der Waals surface area contributed by atoms with Gasteiger partial charge in [-0.3, -0.25) is 19.2 Å². The Morgan fingerprint density at radius 3 is 2.12 bits per heavy atom. The highest BCUT2D eigenvalue weighted by molar-refractivity contribution is 6.43. The van der Waals surface area contributed by atoms with E-state index in [1.165, 1.54) is 17.7 Å². The molecule has 2 heterocycles. The van der Waals surface area contributed by atoms with E-state index >= 15 is 0 Å². The Morgan fingerprint density at radius 2 is 1.52 bits per heavy atom. The number of carbonyl (C=O) groups excluding carboxylic acids is 5. The summed E-state index contributed by atoms with van der Waals surface area (Å²) in [5, 5.41) is 0.434. The predicted molar refractivity (Wildman–Crippen MR) is 110 cm³/mol. The molecule has 0 radical (unpaired) electrons. The number of ketones is 1. The summed E-state index contributed by atoms with van der Waals surface area (Å²) in [6.07, 6.45) is -3.15. The van der Waals surface area contributed by atoms with E-state index in [4.69, 9.17) is 18.9 Å². The van der Waals surface area contributed by atoms with Crippen LogP contribution in [0.5, 0.6) is 0 Å². The zero-order chi connectivity index (χ0) is 24.3. The maximum absolute atomic E-state index is 12.6. The van der Waals surface area contributed by atoms with Crippen LogP contribution in [-0.4, -0.2) is 66.3 Å². The molecule has 11 nitrogen and oxygen atoms in total. The molecule has 0 aliphatic carbocycles. The van der Waals surface area contributed by atoms with Gasteiger partial charge in [0.05, 0.1) is 24.8 Å². The molecule has 0 amide bonds. The highest BCUT2D eigenvalue weighted by Crippen LogP contribution is 2.35. The highest BCUT2D eigenvalue weighted by atomic mass is 16.6. The summed E-state index contributed by atoms with van der Waals surface area (Å²) in [4.78, 5) is 59.7. The number of hydrogen-bond acceptors (Lipinski definition) is 10. The van der Waals surface area contributed by atoms with E-state index in [0.717, 1.165) is 21.0 Å². The quantitative estimate of drug-likeness (QED) is 0.268. The molecule has 4 atom stereocenters. The molecular formula is C22H23NO10. The maximum atomic E-state index is 12.6. The number of fused-ring (bicyclic) bond motifs is 1. The zero-order valence-electron chi connectivity index (χ0n) is 18.4. The fraction of sp³-hybridized carbons (Fsp3) is 0.409. The van der Waals surface area contributed by atoms with Gasteiger partial charge in [-0.1, -0.05) is 18.2 Å². The van der Waals surface area contributed by atoms with Gasteiger partial charge in [0.15, 0.2) is 24.5 Å². The minimum Gasteiger partial charge on any atom is -0.463 e. The Balaban J connectivity index is 2.12. The van der Waals surface area contributed by atoms with Crippen LogP contribution >= 0.6 is 0 Å². The molecule has 1 saturated heterocycles. The first-order valence-corrected chi connectivity index (χ1v) is 9.99. The van der Waals surface area contributed by atoms with E-state index < -0.39 is 54.2 Å². The smallest absolute Gasteiger partial charge is 0.379 e. The molecule has 4 unspecified atom stereocenters. The molecule has 1 fully saturated rings. The second-order valence-electron chi connectivity index (χ2n) is 7.31. The van der Waals surface area contributed by atoms with Crippen molar-refractivity contribution in [2.75, 3.05) is 13.7 Å². The van der Waals surface area contributed by atoms with Gasteiger partial charge in [0.2, 0.25) is 0 Å². The number of Topliss-reactive ketones (excluding diaryl/α,β-unsaturated/α-hetero) is 1. The Morgan fingerprint density at radius 1 is 0.909 bits per heavy atom. The van der Waals surface area contributed by atoms with Gasteiger partial charge in [-0.25, -0.2) is 4.79 Å². The molecule has 1 aromatic carbocycles.